The number of nitriles is 1. The Bertz CT molecular complexity index is 481. The van der Waals surface area contributed by atoms with Crippen LogP contribution >= 0.6 is 0 Å². The van der Waals surface area contributed by atoms with Gasteiger partial charge < -0.3 is 5.11 Å². The molecular formula is C13H15NO2. The monoisotopic (exact) mass is 217 g/mol. The largest absolute Gasteiger partial charge is 0.478 e. The summed E-state index contributed by atoms with van der Waals surface area (Å²) in [6.07, 6.45) is 0. The smallest absolute Gasteiger partial charge is 0.335 e. The molecule has 0 aromatic heterocycles. The van der Waals surface area contributed by atoms with Gasteiger partial charge in [0.05, 0.1) is 17.0 Å². The average molecular weight is 217 g/mol. The summed E-state index contributed by atoms with van der Waals surface area (Å²) in [5, 5.41) is 18.1. The van der Waals surface area contributed by atoms with Crippen LogP contribution in [0.5, 0.6) is 0 Å². The van der Waals surface area contributed by atoms with Gasteiger partial charge in [-0.25, -0.2) is 4.79 Å². The zero-order valence-electron chi connectivity index (χ0n) is 9.96. The molecule has 0 aliphatic heterocycles. The molecule has 0 bridgehead atoms. The molecule has 1 rings (SSSR count). The lowest BCUT2D eigenvalue weighted by atomic mass is 9.81. The predicted octanol–water partition coefficient (Wildman–Crippen LogP) is 2.80. The van der Waals surface area contributed by atoms with Gasteiger partial charge >= 0.3 is 5.97 Å². The first-order valence-electron chi connectivity index (χ1n) is 5.06. The van der Waals surface area contributed by atoms with Crippen molar-refractivity contribution in [2.45, 2.75) is 33.1 Å². The Labute approximate surface area is 95.3 Å². The maximum atomic E-state index is 10.9. The van der Waals surface area contributed by atoms with Crippen LogP contribution in [-0.2, 0) is 5.41 Å². The van der Waals surface area contributed by atoms with Gasteiger partial charge in [0.25, 0.3) is 0 Å². The quantitative estimate of drug-likeness (QED) is 0.828. The molecule has 1 aromatic rings. The molecule has 1 N–H and O–H groups in total. The molecule has 0 aliphatic carbocycles. The van der Waals surface area contributed by atoms with Crippen molar-refractivity contribution in [3.8, 4) is 6.07 Å². The second-order valence-electron chi connectivity index (χ2n) is 4.51. The Morgan fingerprint density at radius 1 is 1.38 bits per heavy atom. The fourth-order valence-corrected chi connectivity index (χ4v) is 1.69. The molecule has 0 radical (unpaired) electrons. The molecule has 3 heteroatoms. The molecule has 0 spiro atoms. The van der Waals surface area contributed by atoms with Crippen molar-refractivity contribution in [1.29, 1.82) is 5.26 Å². The van der Waals surface area contributed by atoms with Crippen LogP contribution in [0.2, 0.25) is 0 Å². The summed E-state index contributed by atoms with van der Waals surface area (Å²) in [6, 6.07) is 5.42. The normalized spacial score (nSPS) is 10.9. The first kappa shape index (κ1) is 12.3. The number of carbonyl (C=O) groups is 1. The van der Waals surface area contributed by atoms with E-state index in [0.717, 1.165) is 16.7 Å². The van der Waals surface area contributed by atoms with Gasteiger partial charge in [0.1, 0.15) is 0 Å². The molecule has 1 aromatic carbocycles. The topological polar surface area (TPSA) is 61.1 Å². The molecule has 0 heterocycles. The standard InChI is InChI=1S/C13H15NO2/c1-8-5-10(12(15)16)6-11(9(8)2)13(3,4)7-14/h5-6H,1-4H3,(H,15,16). The van der Waals surface area contributed by atoms with Gasteiger partial charge in [-0.15, -0.1) is 0 Å². The summed E-state index contributed by atoms with van der Waals surface area (Å²) < 4.78 is 0. The summed E-state index contributed by atoms with van der Waals surface area (Å²) in [6.45, 7) is 7.36. The summed E-state index contributed by atoms with van der Waals surface area (Å²) in [7, 11) is 0. The van der Waals surface area contributed by atoms with Crippen LogP contribution < -0.4 is 0 Å². The number of rotatable bonds is 2. The number of carboxylic acid groups (broad SMARTS) is 1. The van der Waals surface area contributed by atoms with E-state index < -0.39 is 11.4 Å². The van der Waals surface area contributed by atoms with Crippen molar-refractivity contribution in [2.24, 2.45) is 0 Å². The van der Waals surface area contributed by atoms with E-state index in [-0.39, 0.29) is 5.56 Å². The second-order valence-corrected chi connectivity index (χ2v) is 4.51. The van der Waals surface area contributed by atoms with Crippen molar-refractivity contribution in [3.63, 3.8) is 0 Å². The number of hydrogen-bond acceptors (Lipinski definition) is 2. The van der Waals surface area contributed by atoms with E-state index >= 15 is 0 Å². The minimum Gasteiger partial charge on any atom is -0.478 e. The molecule has 0 saturated carbocycles. The van der Waals surface area contributed by atoms with Crippen LogP contribution in [0.4, 0.5) is 0 Å². The van der Waals surface area contributed by atoms with Crippen LogP contribution in [0, 0.1) is 25.2 Å². The minimum absolute atomic E-state index is 0.237. The van der Waals surface area contributed by atoms with Crippen LogP contribution in [0.1, 0.15) is 40.9 Å². The Hall–Kier alpha value is -1.82. The van der Waals surface area contributed by atoms with Gasteiger partial charge in [-0.2, -0.15) is 5.26 Å². The molecule has 0 amide bonds. The van der Waals surface area contributed by atoms with Crippen molar-refractivity contribution < 1.29 is 9.90 Å². The third kappa shape index (κ3) is 2.06. The summed E-state index contributed by atoms with van der Waals surface area (Å²) in [5.41, 5.74) is 2.24. The highest BCUT2D eigenvalue weighted by atomic mass is 16.4. The van der Waals surface area contributed by atoms with Gasteiger partial charge in [0, 0.05) is 0 Å². The SMILES string of the molecule is Cc1cc(C(=O)O)cc(C(C)(C)C#N)c1C. The van der Waals surface area contributed by atoms with E-state index in [4.69, 9.17) is 10.4 Å². The number of hydrogen-bond donors (Lipinski definition) is 1. The maximum absolute atomic E-state index is 10.9. The third-order valence-corrected chi connectivity index (χ3v) is 2.87. The van der Waals surface area contributed by atoms with Gasteiger partial charge in [-0.1, -0.05) is 0 Å². The highest BCUT2D eigenvalue weighted by Gasteiger charge is 2.24. The fourth-order valence-electron chi connectivity index (χ4n) is 1.69. The summed E-state index contributed by atoms with van der Waals surface area (Å²) in [4.78, 5) is 10.9. The zero-order valence-corrected chi connectivity index (χ0v) is 9.96. The summed E-state index contributed by atoms with van der Waals surface area (Å²) >= 11 is 0. The van der Waals surface area contributed by atoms with Crippen molar-refractivity contribution in [3.05, 3.63) is 34.4 Å². The van der Waals surface area contributed by atoms with E-state index in [1.165, 1.54) is 0 Å². The highest BCUT2D eigenvalue weighted by molar-refractivity contribution is 5.88. The lowest BCUT2D eigenvalue weighted by Gasteiger charge is -2.20. The number of nitrogens with zero attached hydrogens (tertiary/aromatic N) is 1. The first-order chi connectivity index (χ1) is 7.29. The molecular weight excluding hydrogens is 202 g/mol. The van der Waals surface area contributed by atoms with Gasteiger partial charge in [0.2, 0.25) is 0 Å². The molecule has 0 saturated heterocycles. The first-order valence-corrected chi connectivity index (χ1v) is 5.06. The third-order valence-electron chi connectivity index (χ3n) is 2.87. The Kier molecular flexibility index (Phi) is 3.04. The van der Waals surface area contributed by atoms with Crippen LogP contribution in [0.15, 0.2) is 12.1 Å². The van der Waals surface area contributed by atoms with Crippen molar-refractivity contribution >= 4 is 5.97 Å². The molecule has 0 aliphatic rings. The Morgan fingerprint density at radius 2 is 1.94 bits per heavy atom. The Morgan fingerprint density at radius 3 is 2.38 bits per heavy atom. The van der Waals surface area contributed by atoms with E-state index in [9.17, 15) is 4.79 Å². The van der Waals surface area contributed by atoms with E-state index in [0.29, 0.717) is 0 Å². The zero-order chi connectivity index (χ0) is 12.5. The lowest BCUT2D eigenvalue weighted by molar-refractivity contribution is 0.0696. The van der Waals surface area contributed by atoms with E-state index in [1.807, 2.05) is 13.8 Å². The summed E-state index contributed by atoms with van der Waals surface area (Å²) in [5.74, 6) is -0.960. The Balaban J connectivity index is 3.52. The van der Waals surface area contributed by atoms with Crippen LogP contribution in [0.25, 0.3) is 0 Å². The molecule has 84 valence electrons. The van der Waals surface area contributed by atoms with Gasteiger partial charge in [-0.3, -0.25) is 0 Å². The van der Waals surface area contributed by atoms with Gasteiger partial charge in [0.15, 0.2) is 0 Å². The molecule has 0 fully saturated rings. The second kappa shape index (κ2) is 3.97. The number of aryl methyl sites for hydroxylation is 1. The highest BCUT2D eigenvalue weighted by Crippen LogP contribution is 2.28. The maximum Gasteiger partial charge on any atom is 0.335 e. The van der Waals surface area contributed by atoms with E-state index in [1.54, 1.807) is 26.0 Å². The average Bonchev–Trinajstić information content (AvgIpc) is 2.21. The van der Waals surface area contributed by atoms with Crippen LogP contribution in [0.3, 0.4) is 0 Å². The van der Waals surface area contributed by atoms with Crippen molar-refractivity contribution in [2.75, 3.05) is 0 Å². The number of aromatic carboxylic acids is 1. The van der Waals surface area contributed by atoms with Crippen LogP contribution in [-0.4, -0.2) is 11.1 Å². The number of carboxylic acids is 1. The van der Waals surface area contributed by atoms with Crippen molar-refractivity contribution in [1.82, 2.24) is 0 Å². The number of benzene rings is 1. The molecule has 0 unspecified atom stereocenters. The lowest BCUT2D eigenvalue weighted by Crippen LogP contribution is -2.17. The predicted molar refractivity (Wildman–Crippen MR) is 61.5 cm³/mol. The van der Waals surface area contributed by atoms with Gasteiger partial charge in [-0.05, 0) is 56.5 Å². The van der Waals surface area contributed by atoms with E-state index in [2.05, 4.69) is 6.07 Å². The fraction of sp³-hybridized carbons (Fsp3) is 0.385. The molecule has 16 heavy (non-hydrogen) atoms. The minimum atomic E-state index is -0.960. The molecule has 3 nitrogen and oxygen atoms in total. The molecule has 0 atom stereocenters.